The SMILES string of the molecule is COCC(c1ccccn1)N(C)CCN1CCCC1=O. The Bertz CT molecular complexity index is 424. The molecule has 20 heavy (non-hydrogen) atoms. The molecule has 0 bridgehead atoms. The van der Waals surface area contributed by atoms with Gasteiger partial charge in [0.25, 0.3) is 0 Å². The molecule has 2 rings (SSSR count). The number of aromatic nitrogens is 1. The van der Waals surface area contributed by atoms with E-state index in [1.165, 1.54) is 0 Å². The first-order valence-corrected chi connectivity index (χ1v) is 7.10. The first-order chi connectivity index (χ1) is 9.72. The van der Waals surface area contributed by atoms with Gasteiger partial charge in [-0.05, 0) is 25.6 Å². The predicted octanol–water partition coefficient (Wildman–Crippen LogP) is 1.32. The second-order valence-electron chi connectivity index (χ2n) is 5.19. The molecule has 0 aliphatic carbocycles. The number of hydrogen-bond acceptors (Lipinski definition) is 4. The summed E-state index contributed by atoms with van der Waals surface area (Å²) in [5.41, 5.74) is 1.00. The zero-order valence-electron chi connectivity index (χ0n) is 12.3. The first-order valence-electron chi connectivity index (χ1n) is 7.10. The fourth-order valence-electron chi connectivity index (χ4n) is 2.54. The van der Waals surface area contributed by atoms with Gasteiger partial charge >= 0.3 is 0 Å². The van der Waals surface area contributed by atoms with Gasteiger partial charge in [-0.3, -0.25) is 14.7 Å². The molecule has 0 N–H and O–H groups in total. The lowest BCUT2D eigenvalue weighted by atomic mass is 10.1. The van der Waals surface area contributed by atoms with Gasteiger partial charge in [-0.25, -0.2) is 0 Å². The van der Waals surface area contributed by atoms with Gasteiger partial charge in [-0.15, -0.1) is 0 Å². The highest BCUT2D eigenvalue weighted by Crippen LogP contribution is 2.18. The lowest BCUT2D eigenvalue weighted by Gasteiger charge is -2.28. The van der Waals surface area contributed by atoms with Crippen LogP contribution in [-0.2, 0) is 9.53 Å². The van der Waals surface area contributed by atoms with Crippen molar-refractivity contribution in [1.82, 2.24) is 14.8 Å². The summed E-state index contributed by atoms with van der Waals surface area (Å²) in [5.74, 6) is 0.277. The van der Waals surface area contributed by atoms with Gasteiger partial charge in [0, 0.05) is 39.4 Å². The van der Waals surface area contributed by atoms with Crippen LogP contribution in [0.1, 0.15) is 24.6 Å². The fourth-order valence-corrected chi connectivity index (χ4v) is 2.54. The zero-order valence-corrected chi connectivity index (χ0v) is 12.3. The number of likely N-dealkylation sites (N-methyl/N-ethyl adjacent to an activating group) is 1. The molecular weight excluding hydrogens is 254 g/mol. The van der Waals surface area contributed by atoms with Crippen LogP contribution in [0.25, 0.3) is 0 Å². The molecule has 1 saturated heterocycles. The summed E-state index contributed by atoms with van der Waals surface area (Å²) in [5, 5.41) is 0. The molecule has 1 amide bonds. The van der Waals surface area contributed by atoms with Crippen LogP contribution in [0.2, 0.25) is 0 Å². The number of ether oxygens (including phenoxy) is 1. The van der Waals surface area contributed by atoms with Crippen molar-refractivity contribution in [3.05, 3.63) is 30.1 Å². The summed E-state index contributed by atoms with van der Waals surface area (Å²) in [6, 6.07) is 6.04. The van der Waals surface area contributed by atoms with Crippen LogP contribution in [0.5, 0.6) is 0 Å². The number of methoxy groups -OCH3 is 1. The predicted molar refractivity (Wildman–Crippen MR) is 77.3 cm³/mol. The largest absolute Gasteiger partial charge is 0.383 e. The van der Waals surface area contributed by atoms with Crippen LogP contribution >= 0.6 is 0 Å². The van der Waals surface area contributed by atoms with Gasteiger partial charge in [-0.1, -0.05) is 6.07 Å². The summed E-state index contributed by atoms with van der Waals surface area (Å²) >= 11 is 0. The van der Waals surface area contributed by atoms with E-state index < -0.39 is 0 Å². The quantitative estimate of drug-likeness (QED) is 0.754. The van der Waals surface area contributed by atoms with E-state index in [1.54, 1.807) is 13.3 Å². The van der Waals surface area contributed by atoms with E-state index >= 15 is 0 Å². The Morgan fingerprint density at radius 1 is 1.50 bits per heavy atom. The van der Waals surface area contributed by atoms with Gasteiger partial charge in [0.05, 0.1) is 18.3 Å². The molecule has 0 aromatic carbocycles. The summed E-state index contributed by atoms with van der Waals surface area (Å²) in [6.45, 7) is 3.10. The summed E-state index contributed by atoms with van der Waals surface area (Å²) in [6.07, 6.45) is 3.49. The average molecular weight is 277 g/mol. The van der Waals surface area contributed by atoms with Crippen LogP contribution in [0.15, 0.2) is 24.4 Å². The minimum absolute atomic E-state index is 0.124. The van der Waals surface area contributed by atoms with Crippen LogP contribution < -0.4 is 0 Å². The van der Waals surface area contributed by atoms with Crippen molar-refractivity contribution in [2.24, 2.45) is 0 Å². The summed E-state index contributed by atoms with van der Waals surface area (Å²) < 4.78 is 5.31. The van der Waals surface area contributed by atoms with Crippen LogP contribution in [0.4, 0.5) is 0 Å². The number of hydrogen-bond donors (Lipinski definition) is 0. The minimum atomic E-state index is 0.124. The standard InChI is InChI=1S/C15H23N3O2/c1-17(10-11-18-9-5-7-15(18)19)14(12-20-2)13-6-3-4-8-16-13/h3-4,6,8,14H,5,7,9-12H2,1-2H3. The molecule has 110 valence electrons. The highest BCUT2D eigenvalue weighted by Gasteiger charge is 2.22. The number of rotatable bonds is 7. The van der Waals surface area contributed by atoms with E-state index in [0.29, 0.717) is 13.0 Å². The number of carbonyl (C=O) groups excluding carboxylic acids is 1. The van der Waals surface area contributed by atoms with Gasteiger partial charge in [-0.2, -0.15) is 0 Å². The van der Waals surface area contributed by atoms with E-state index in [2.05, 4.69) is 16.9 Å². The monoisotopic (exact) mass is 277 g/mol. The number of pyridine rings is 1. The van der Waals surface area contributed by atoms with Crippen molar-refractivity contribution < 1.29 is 9.53 Å². The topological polar surface area (TPSA) is 45.7 Å². The Hall–Kier alpha value is -1.46. The maximum atomic E-state index is 11.6. The molecule has 1 fully saturated rings. The van der Waals surface area contributed by atoms with E-state index in [9.17, 15) is 4.79 Å². The van der Waals surface area contributed by atoms with Crippen LogP contribution in [0, 0.1) is 0 Å². The van der Waals surface area contributed by atoms with Crippen molar-refractivity contribution in [1.29, 1.82) is 0 Å². The van der Waals surface area contributed by atoms with E-state index in [4.69, 9.17) is 4.74 Å². The average Bonchev–Trinajstić information content (AvgIpc) is 2.88. The maximum absolute atomic E-state index is 11.6. The second kappa shape index (κ2) is 7.36. The molecule has 2 heterocycles. The fraction of sp³-hybridized carbons (Fsp3) is 0.600. The van der Waals surface area contributed by atoms with Crippen molar-refractivity contribution in [3.8, 4) is 0 Å². The Labute approximate surface area is 120 Å². The molecule has 5 nitrogen and oxygen atoms in total. The number of nitrogens with zero attached hydrogens (tertiary/aromatic N) is 3. The third kappa shape index (κ3) is 3.77. The van der Waals surface area contributed by atoms with Crippen molar-refractivity contribution in [2.75, 3.05) is 40.4 Å². The van der Waals surface area contributed by atoms with Gasteiger partial charge < -0.3 is 9.64 Å². The number of amides is 1. The van der Waals surface area contributed by atoms with Crippen molar-refractivity contribution >= 4 is 5.91 Å². The molecule has 1 unspecified atom stereocenters. The molecule has 5 heteroatoms. The smallest absolute Gasteiger partial charge is 0.222 e. The Balaban J connectivity index is 1.93. The molecule has 0 radical (unpaired) electrons. The lowest BCUT2D eigenvalue weighted by molar-refractivity contribution is -0.127. The van der Waals surface area contributed by atoms with Gasteiger partial charge in [0.1, 0.15) is 0 Å². The first kappa shape index (κ1) is 14.9. The molecule has 1 atom stereocenters. The molecule has 0 spiro atoms. The summed E-state index contributed by atoms with van der Waals surface area (Å²) in [7, 11) is 3.76. The molecule has 1 aliphatic rings. The van der Waals surface area contributed by atoms with Gasteiger partial charge in [0.15, 0.2) is 0 Å². The maximum Gasteiger partial charge on any atom is 0.222 e. The Kier molecular flexibility index (Phi) is 5.49. The number of likely N-dealkylation sites (tertiary alicyclic amines) is 1. The highest BCUT2D eigenvalue weighted by molar-refractivity contribution is 5.78. The molecule has 1 aromatic rings. The zero-order chi connectivity index (χ0) is 14.4. The third-order valence-corrected chi connectivity index (χ3v) is 3.78. The Morgan fingerprint density at radius 2 is 2.35 bits per heavy atom. The third-order valence-electron chi connectivity index (χ3n) is 3.78. The molecular formula is C15H23N3O2. The Morgan fingerprint density at radius 3 is 2.95 bits per heavy atom. The molecule has 0 saturated carbocycles. The lowest BCUT2D eigenvalue weighted by Crippen LogP contribution is -2.37. The molecule has 1 aliphatic heterocycles. The van der Waals surface area contributed by atoms with Crippen LogP contribution in [0.3, 0.4) is 0 Å². The minimum Gasteiger partial charge on any atom is -0.383 e. The highest BCUT2D eigenvalue weighted by atomic mass is 16.5. The van der Waals surface area contributed by atoms with Gasteiger partial charge in [0.2, 0.25) is 5.91 Å². The van der Waals surface area contributed by atoms with E-state index in [-0.39, 0.29) is 11.9 Å². The molecule has 1 aromatic heterocycles. The van der Waals surface area contributed by atoms with E-state index in [1.807, 2.05) is 23.1 Å². The van der Waals surface area contributed by atoms with Crippen LogP contribution in [-0.4, -0.2) is 61.1 Å². The van der Waals surface area contributed by atoms with Crippen molar-refractivity contribution in [2.45, 2.75) is 18.9 Å². The summed E-state index contributed by atoms with van der Waals surface area (Å²) in [4.78, 5) is 20.2. The second-order valence-corrected chi connectivity index (χ2v) is 5.19. The number of carbonyl (C=O) groups is 1. The van der Waals surface area contributed by atoms with Crippen molar-refractivity contribution in [3.63, 3.8) is 0 Å². The normalized spacial score (nSPS) is 16.9. The van der Waals surface area contributed by atoms with E-state index in [0.717, 1.165) is 31.7 Å².